The van der Waals surface area contributed by atoms with Crippen LogP contribution in [0.25, 0.3) is 0 Å². The summed E-state index contributed by atoms with van der Waals surface area (Å²) in [6.45, 7) is 0. The zero-order chi connectivity index (χ0) is 13.2. The largest absolute Gasteiger partial charge is 0.573 e. The molecule has 0 amide bonds. The zero-order valence-electron chi connectivity index (χ0n) is 8.12. The number of ether oxygens (including phenoxy) is 2. The number of methoxy groups -OCH3 is 1. The van der Waals surface area contributed by atoms with E-state index in [-0.39, 0.29) is 3.70 Å². The van der Waals surface area contributed by atoms with Crippen molar-refractivity contribution in [3.8, 4) is 11.5 Å². The number of alkyl halides is 3. The second-order valence-corrected chi connectivity index (χ2v) is 3.62. The Kier molecular flexibility index (Phi) is 3.95. The van der Waals surface area contributed by atoms with Crippen LogP contribution in [0.1, 0.15) is 0 Å². The monoisotopic (exact) mass is 364 g/mol. The summed E-state index contributed by atoms with van der Waals surface area (Å²) in [5, 5.41) is 10.7. The van der Waals surface area contributed by atoms with Crippen molar-refractivity contribution >= 4 is 28.3 Å². The molecule has 0 N–H and O–H groups in total. The molecule has 1 heterocycles. The summed E-state index contributed by atoms with van der Waals surface area (Å²) >= 11 is 1.40. The van der Waals surface area contributed by atoms with Crippen molar-refractivity contribution in [1.29, 1.82) is 0 Å². The van der Waals surface area contributed by atoms with Crippen LogP contribution in [-0.4, -0.2) is 23.4 Å². The van der Waals surface area contributed by atoms with Gasteiger partial charge < -0.3 is 9.47 Å². The fourth-order valence-electron chi connectivity index (χ4n) is 0.973. The van der Waals surface area contributed by atoms with Crippen LogP contribution in [0.2, 0.25) is 0 Å². The number of rotatable bonds is 3. The zero-order valence-corrected chi connectivity index (χ0v) is 10.3. The Balaban J connectivity index is 3.39. The molecule has 0 saturated carbocycles. The molecule has 0 fully saturated rings. The fourth-order valence-corrected chi connectivity index (χ4v) is 1.48. The van der Waals surface area contributed by atoms with Crippen molar-refractivity contribution in [3.05, 3.63) is 20.0 Å². The van der Waals surface area contributed by atoms with Gasteiger partial charge in [0.15, 0.2) is 3.70 Å². The maximum Gasteiger partial charge on any atom is 0.573 e. The summed E-state index contributed by atoms with van der Waals surface area (Å²) in [5.41, 5.74) is -0.913. The molecule has 17 heavy (non-hydrogen) atoms. The first-order valence-electron chi connectivity index (χ1n) is 3.89. The lowest BCUT2D eigenvalue weighted by Crippen LogP contribution is -2.19. The Hall–Kier alpha value is -1.33. The van der Waals surface area contributed by atoms with Crippen molar-refractivity contribution < 1.29 is 27.6 Å². The lowest BCUT2D eigenvalue weighted by molar-refractivity contribution is -0.389. The molecule has 0 spiro atoms. The average molecular weight is 364 g/mol. The summed E-state index contributed by atoms with van der Waals surface area (Å²) in [6, 6.07) is 0. The van der Waals surface area contributed by atoms with Gasteiger partial charge in [0, 0.05) is 0 Å². The quantitative estimate of drug-likeness (QED) is 0.357. The van der Waals surface area contributed by atoms with Gasteiger partial charge in [-0.25, -0.2) is 4.98 Å². The highest BCUT2D eigenvalue weighted by Gasteiger charge is 2.38. The minimum atomic E-state index is -5.04. The number of nitrogens with zero attached hydrogens (tertiary/aromatic N) is 2. The third-order valence-corrected chi connectivity index (χ3v) is 2.32. The predicted octanol–water partition coefficient (Wildman–Crippen LogP) is 2.50. The van der Waals surface area contributed by atoms with E-state index >= 15 is 0 Å². The van der Waals surface area contributed by atoms with Gasteiger partial charge in [-0.15, -0.1) is 13.2 Å². The third kappa shape index (κ3) is 3.31. The lowest BCUT2D eigenvalue weighted by Gasteiger charge is -2.11. The van der Waals surface area contributed by atoms with Gasteiger partial charge in [-0.1, -0.05) is 0 Å². The van der Waals surface area contributed by atoms with Crippen molar-refractivity contribution in [2.45, 2.75) is 6.36 Å². The van der Waals surface area contributed by atoms with E-state index in [1.54, 1.807) is 0 Å². The Labute approximate surface area is 106 Å². The molecule has 0 unspecified atom stereocenters. The molecule has 1 rings (SSSR count). The molecule has 1 aromatic heterocycles. The molecule has 6 nitrogen and oxygen atoms in total. The van der Waals surface area contributed by atoms with Crippen LogP contribution in [-0.2, 0) is 0 Å². The Morgan fingerprint density at radius 2 is 2.12 bits per heavy atom. The molecule has 1 aromatic rings. The molecular weight excluding hydrogens is 360 g/mol. The Morgan fingerprint density at radius 3 is 2.53 bits per heavy atom. The number of nitro groups is 1. The molecule has 94 valence electrons. The van der Waals surface area contributed by atoms with Crippen LogP contribution in [0.5, 0.6) is 11.5 Å². The van der Waals surface area contributed by atoms with Gasteiger partial charge in [0.05, 0.1) is 18.2 Å². The first-order chi connectivity index (χ1) is 7.76. The highest BCUT2D eigenvalue weighted by Crippen LogP contribution is 2.41. The molecule has 0 aromatic carbocycles. The highest BCUT2D eigenvalue weighted by atomic mass is 127. The molecule has 0 aliphatic rings. The maximum absolute atomic E-state index is 12.1. The molecule has 0 aliphatic carbocycles. The lowest BCUT2D eigenvalue weighted by atomic mass is 10.3. The van der Waals surface area contributed by atoms with Crippen LogP contribution in [0.4, 0.5) is 18.9 Å². The van der Waals surface area contributed by atoms with Gasteiger partial charge in [0.2, 0.25) is 11.5 Å². The van der Waals surface area contributed by atoms with Gasteiger partial charge in [0.25, 0.3) is 0 Å². The standard InChI is InChI=1S/C7H4F3IN2O4/c1-16-3-2-12-6(11)5(4(3)13(14)15)17-7(8,9)10/h2H,1H3. The molecule has 0 radical (unpaired) electrons. The van der Waals surface area contributed by atoms with E-state index < -0.39 is 28.5 Å². The van der Waals surface area contributed by atoms with Gasteiger partial charge in [-0.2, -0.15) is 0 Å². The van der Waals surface area contributed by atoms with Crippen molar-refractivity contribution in [2.75, 3.05) is 7.11 Å². The van der Waals surface area contributed by atoms with Crippen LogP contribution in [0, 0.1) is 13.8 Å². The smallest absolute Gasteiger partial charge is 0.489 e. The van der Waals surface area contributed by atoms with E-state index in [1.807, 2.05) is 0 Å². The van der Waals surface area contributed by atoms with E-state index in [1.165, 1.54) is 22.6 Å². The summed E-state index contributed by atoms with van der Waals surface area (Å²) in [6.07, 6.45) is -4.10. The van der Waals surface area contributed by atoms with Crippen LogP contribution in [0.15, 0.2) is 6.20 Å². The van der Waals surface area contributed by atoms with Crippen molar-refractivity contribution in [3.63, 3.8) is 0 Å². The average Bonchev–Trinajstić information content (AvgIpc) is 2.18. The molecular formula is C7H4F3IN2O4. The van der Waals surface area contributed by atoms with Crippen LogP contribution < -0.4 is 9.47 Å². The van der Waals surface area contributed by atoms with E-state index in [9.17, 15) is 23.3 Å². The normalized spacial score (nSPS) is 11.1. The molecule has 0 bridgehead atoms. The predicted molar refractivity (Wildman–Crippen MR) is 56.8 cm³/mol. The van der Waals surface area contributed by atoms with Gasteiger partial charge in [0.1, 0.15) is 0 Å². The number of hydrogen-bond donors (Lipinski definition) is 0. The highest BCUT2D eigenvalue weighted by molar-refractivity contribution is 14.1. The third-order valence-electron chi connectivity index (χ3n) is 1.55. The van der Waals surface area contributed by atoms with Gasteiger partial charge >= 0.3 is 12.0 Å². The van der Waals surface area contributed by atoms with Gasteiger partial charge in [-0.3, -0.25) is 10.1 Å². The minimum absolute atomic E-state index is 0.285. The van der Waals surface area contributed by atoms with Crippen LogP contribution in [0.3, 0.4) is 0 Å². The Morgan fingerprint density at radius 1 is 1.53 bits per heavy atom. The summed E-state index contributed by atoms with van der Waals surface area (Å²) in [7, 11) is 1.08. The summed E-state index contributed by atoms with van der Waals surface area (Å²) < 4.78 is 44.1. The van der Waals surface area contributed by atoms with Crippen molar-refractivity contribution in [2.24, 2.45) is 0 Å². The minimum Gasteiger partial charge on any atom is -0.489 e. The molecule has 0 atom stereocenters. The van der Waals surface area contributed by atoms with E-state index in [0.29, 0.717) is 0 Å². The van der Waals surface area contributed by atoms with E-state index in [2.05, 4.69) is 14.5 Å². The summed E-state index contributed by atoms with van der Waals surface area (Å²) in [4.78, 5) is 13.2. The molecule has 10 heteroatoms. The summed E-state index contributed by atoms with van der Waals surface area (Å²) in [5.74, 6) is -1.39. The number of halogens is 4. The topological polar surface area (TPSA) is 74.5 Å². The SMILES string of the molecule is COc1cnc(I)c(OC(F)(F)F)c1[N+](=O)[O-]. The van der Waals surface area contributed by atoms with E-state index in [4.69, 9.17) is 0 Å². The number of hydrogen-bond acceptors (Lipinski definition) is 5. The van der Waals surface area contributed by atoms with Crippen LogP contribution >= 0.6 is 22.6 Å². The first kappa shape index (κ1) is 13.7. The fraction of sp³-hybridized carbons (Fsp3) is 0.286. The van der Waals surface area contributed by atoms with Gasteiger partial charge in [-0.05, 0) is 22.6 Å². The molecule has 0 saturated heterocycles. The number of pyridine rings is 1. The first-order valence-corrected chi connectivity index (χ1v) is 4.96. The maximum atomic E-state index is 12.1. The second kappa shape index (κ2) is 4.89. The Bertz CT molecular complexity index is 451. The molecule has 0 aliphatic heterocycles. The van der Waals surface area contributed by atoms with E-state index in [0.717, 1.165) is 13.3 Å². The second-order valence-electron chi connectivity index (χ2n) is 2.60. The number of aromatic nitrogens is 1. The van der Waals surface area contributed by atoms with Crippen molar-refractivity contribution in [1.82, 2.24) is 4.98 Å².